The first-order valence-corrected chi connectivity index (χ1v) is 7.72. The minimum atomic E-state index is 0.439. The fraction of sp³-hybridized carbons (Fsp3) is 1.00. The van der Waals surface area contributed by atoms with E-state index < -0.39 is 0 Å². The molecular formula is C16H32N2. The summed E-state index contributed by atoms with van der Waals surface area (Å²) in [7, 11) is 0. The Morgan fingerprint density at radius 2 is 1.50 bits per heavy atom. The lowest BCUT2D eigenvalue weighted by Crippen LogP contribution is -2.57. The van der Waals surface area contributed by atoms with E-state index in [1.54, 1.807) is 0 Å². The highest BCUT2D eigenvalue weighted by Crippen LogP contribution is 2.65. The van der Waals surface area contributed by atoms with Gasteiger partial charge in [0.2, 0.25) is 0 Å². The van der Waals surface area contributed by atoms with Crippen LogP contribution in [0.3, 0.4) is 0 Å². The second-order valence-electron chi connectivity index (χ2n) is 7.93. The molecule has 2 bridgehead atoms. The van der Waals surface area contributed by atoms with E-state index >= 15 is 0 Å². The summed E-state index contributed by atoms with van der Waals surface area (Å²) in [4.78, 5) is 0. The minimum absolute atomic E-state index is 0.439. The zero-order valence-corrected chi connectivity index (χ0v) is 13.3. The van der Waals surface area contributed by atoms with Crippen molar-refractivity contribution in [3.8, 4) is 0 Å². The molecule has 2 fully saturated rings. The highest BCUT2D eigenvalue weighted by Gasteiger charge is 2.65. The van der Waals surface area contributed by atoms with Crippen LogP contribution in [-0.2, 0) is 0 Å². The van der Waals surface area contributed by atoms with Gasteiger partial charge in [-0.05, 0) is 29.6 Å². The molecule has 106 valence electrons. The van der Waals surface area contributed by atoms with E-state index in [-0.39, 0.29) is 0 Å². The van der Waals surface area contributed by atoms with Crippen molar-refractivity contribution in [2.75, 3.05) is 0 Å². The van der Waals surface area contributed by atoms with Crippen LogP contribution in [0.4, 0.5) is 0 Å². The largest absolute Gasteiger partial charge is 0.310 e. The normalized spacial score (nSPS) is 42.2. The summed E-state index contributed by atoms with van der Waals surface area (Å²) in [6.07, 6.45) is 2.77. The third-order valence-electron chi connectivity index (χ3n) is 5.89. The Morgan fingerprint density at radius 3 is 2.00 bits per heavy atom. The molecule has 2 heteroatoms. The van der Waals surface area contributed by atoms with Crippen molar-refractivity contribution in [3.63, 3.8) is 0 Å². The van der Waals surface area contributed by atoms with Crippen LogP contribution in [0.5, 0.6) is 0 Å². The lowest BCUT2D eigenvalue weighted by atomic mass is 9.69. The molecule has 0 amide bonds. The topological polar surface area (TPSA) is 24.1 Å². The van der Waals surface area contributed by atoms with E-state index in [9.17, 15) is 0 Å². The number of fused-ring (bicyclic) bond motifs is 2. The van der Waals surface area contributed by atoms with Crippen LogP contribution in [0.15, 0.2) is 0 Å². The second kappa shape index (κ2) is 4.49. The van der Waals surface area contributed by atoms with Crippen molar-refractivity contribution in [2.24, 2.45) is 16.7 Å². The van der Waals surface area contributed by atoms with Gasteiger partial charge in [-0.15, -0.1) is 0 Å². The molecule has 0 heterocycles. The summed E-state index contributed by atoms with van der Waals surface area (Å²) in [5.74, 6) is 0.821. The first-order chi connectivity index (χ1) is 8.20. The monoisotopic (exact) mass is 252 g/mol. The van der Waals surface area contributed by atoms with Crippen molar-refractivity contribution < 1.29 is 0 Å². The standard InChI is InChI=1S/C16H32N2/c1-10(2)17-13-12-8-9-16(7,15(12,5)6)14(13)18-11(3)4/h10-14,17-18H,8-9H2,1-7H3. The van der Waals surface area contributed by atoms with Crippen molar-refractivity contribution in [1.82, 2.24) is 10.6 Å². The number of rotatable bonds is 4. The molecule has 2 saturated carbocycles. The minimum Gasteiger partial charge on any atom is -0.310 e. The van der Waals surface area contributed by atoms with Gasteiger partial charge in [0.1, 0.15) is 0 Å². The average molecular weight is 252 g/mol. The van der Waals surface area contributed by atoms with Crippen molar-refractivity contribution in [3.05, 3.63) is 0 Å². The highest BCUT2D eigenvalue weighted by atomic mass is 15.1. The Bertz CT molecular complexity index is 308. The van der Waals surface area contributed by atoms with Crippen molar-refractivity contribution in [2.45, 2.75) is 85.5 Å². The summed E-state index contributed by atoms with van der Waals surface area (Å²) in [5, 5.41) is 7.71. The summed E-state index contributed by atoms with van der Waals surface area (Å²) >= 11 is 0. The van der Waals surface area contributed by atoms with E-state index in [0.717, 1.165) is 5.92 Å². The third-order valence-corrected chi connectivity index (χ3v) is 5.89. The Balaban J connectivity index is 2.28. The molecule has 2 N–H and O–H groups in total. The van der Waals surface area contributed by atoms with Gasteiger partial charge in [0.15, 0.2) is 0 Å². The summed E-state index contributed by atoms with van der Waals surface area (Å²) < 4.78 is 0. The quantitative estimate of drug-likeness (QED) is 0.803. The highest BCUT2D eigenvalue weighted by molar-refractivity contribution is 5.19. The zero-order chi connectivity index (χ0) is 13.7. The van der Waals surface area contributed by atoms with E-state index in [1.165, 1.54) is 12.8 Å². The molecule has 2 rings (SSSR count). The number of nitrogens with one attached hydrogen (secondary N) is 2. The van der Waals surface area contributed by atoms with Crippen molar-refractivity contribution >= 4 is 0 Å². The van der Waals surface area contributed by atoms with E-state index in [2.05, 4.69) is 59.1 Å². The van der Waals surface area contributed by atoms with Gasteiger partial charge >= 0.3 is 0 Å². The predicted molar refractivity (Wildman–Crippen MR) is 78.7 cm³/mol. The van der Waals surface area contributed by atoms with Crippen LogP contribution in [0, 0.1) is 16.7 Å². The van der Waals surface area contributed by atoms with Gasteiger partial charge in [-0.3, -0.25) is 0 Å². The fourth-order valence-electron chi connectivity index (χ4n) is 4.62. The van der Waals surface area contributed by atoms with Gasteiger partial charge in [0, 0.05) is 24.2 Å². The Labute approximate surface area is 113 Å². The molecule has 0 aromatic carbocycles. The smallest absolute Gasteiger partial charge is 0.0285 e. The molecule has 2 aliphatic carbocycles. The summed E-state index contributed by atoms with van der Waals surface area (Å²) in [6.45, 7) is 16.6. The van der Waals surface area contributed by atoms with Crippen molar-refractivity contribution in [1.29, 1.82) is 0 Å². The van der Waals surface area contributed by atoms with Gasteiger partial charge in [-0.2, -0.15) is 0 Å². The Kier molecular flexibility index (Phi) is 3.57. The van der Waals surface area contributed by atoms with Crippen LogP contribution >= 0.6 is 0 Å². The van der Waals surface area contributed by atoms with Crippen LogP contribution in [0.1, 0.15) is 61.3 Å². The number of hydrogen-bond donors (Lipinski definition) is 2. The molecule has 2 aliphatic rings. The van der Waals surface area contributed by atoms with E-state index in [4.69, 9.17) is 0 Å². The summed E-state index contributed by atoms with van der Waals surface area (Å²) in [6, 6.07) is 2.40. The van der Waals surface area contributed by atoms with Crippen LogP contribution < -0.4 is 10.6 Å². The first-order valence-electron chi connectivity index (χ1n) is 7.72. The number of hydrogen-bond acceptors (Lipinski definition) is 2. The maximum absolute atomic E-state index is 3.86. The van der Waals surface area contributed by atoms with E-state index in [0.29, 0.717) is 35.0 Å². The fourth-order valence-corrected chi connectivity index (χ4v) is 4.62. The third kappa shape index (κ3) is 1.92. The molecule has 4 atom stereocenters. The lowest BCUT2D eigenvalue weighted by Gasteiger charge is -2.42. The van der Waals surface area contributed by atoms with Gasteiger partial charge < -0.3 is 10.6 Å². The molecule has 0 aromatic heterocycles. The first kappa shape index (κ1) is 14.3. The molecule has 0 radical (unpaired) electrons. The molecular weight excluding hydrogens is 220 g/mol. The average Bonchev–Trinajstić information content (AvgIpc) is 2.50. The lowest BCUT2D eigenvalue weighted by molar-refractivity contribution is 0.114. The molecule has 18 heavy (non-hydrogen) atoms. The van der Waals surface area contributed by atoms with Gasteiger partial charge in [0.05, 0.1) is 0 Å². The predicted octanol–water partition coefficient (Wildman–Crippen LogP) is 3.18. The van der Waals surface area contributed by atoms with E-state index in [1.807, 2.05) is 0 Å². The molecule has 0 aromatic rings. The molecule has 0 saturated heterocycles. The van der Waals surface area contributed by atoms with Gasteiger partial charge in [-0.1, -0.05) is 48.5 Å². The van der Waals surface area contributed by atoms with Crippen LogP contribution in [0.25, 0.3) is 0 Å². The molecule has 0 aliphatic heterocycles. The molecule has 4 unspecified atom stereocenters. The molecule has 2 nitrogen and oxygen atoms in total. The van der Waals surface area contributed by atoms with Crippen LogP contribution in [-0.4, -0.2) is 24.2 Å². The zero-order valence-electron chi connectivity index (χ0n) is 13.3. The Hall–Kier alpha value is -0.0800. The summed E-state index contributed by atoms with van der Waals surface area (Å²) in [5.41, 5.74) is 0.889. The maximum Gasteiger partial charge on any atom is 0.0285 e. The molecule has 0 spiro atoms. The van der Waals surface area contributed by atoms with Gasteiger partial charge in [-0.25, -0.2) is 0 Å². The SMILES string of the molecule is CC(C)NC1C2CCC(C)(C1NC(C)C)C2(C)C. The second-order valence-corrected chi connectivity index (χ2v) is 7.93. The van der Waals surface area contributed by atoms with Crippen LogP contribution in [0.2, 0.25) is 0 Å². The van der Waals surface area contributed by atoms with Gasteiger partial charge in [0.25, 0.3) is 0 Å². The maximum atomic E-state index is 3.86. The Morgan fingerprint density at radius 1 is 0.944 bits per heavy atom.